The number of likely N-dealkylation sites (N-methyl/N-ethyl adjacent to an activating group) is 2. The van der Waals surface area contributed by atoms with E-state index in [1.54, 1.807) is 33.2 Å². The van der Waals surface area contributed by atoms with Crippen molar-refractivity contribution in [3.8, 4) is 0 Å². The van der Waals surface area contributed by atoms with E-state index in [4.69, 9.17) is 0 Å². The first-order chi connectivity index (χ1) is 10.9. The van der Waals surface area contributed by atoms with Gasteiger partial charge < -0.3 is 10.2 Å². The predicted molar refractivity (Wildman–Crippen MR) is 89.8 cm³/mol. The summed E-state index contributed by atoms with van der Waals surface area (Å²) < 4.78 is 26.6. The second-order valence-corrected chi connectivity index (χ2v) is 7.91. The number of nitrogens with one attached hydrogen (secondary N) is 1. The molecule has 0 saturated carbocycles. The van der Waals surface area contributed by atoms with Gasteiger partial charge in [-0.05, 0) is 43.1 Å². The number of amides is 1. The Morgan fingerprint density at radius 3 is 2.52 bits per heavy atom. The molecule has 1 aliphatic heterocycles. The van der Waals surface area contributed by atoms with Gasteiger partial charge >= 0.3 is 0 Å². The minimum Gasteiger partial charge on any atom is -0.342 e. The van der Waals surface area contributed by atoms with E-state index in [0.717, 1.165) is 17.5 Å². The number of carbonyl (C=O) groups excluding carboxylic acids is 1. The maximum atomic E-state index is 12.6. The number of benzene rings is 1. The van der Waals surface area contributed by atoms with E-state index in [2.05, 4.69) is 5.32 Å². The number of rotatable bonds is 5. The van der Waals surface area contributed by atoms with E-state index in [1.165, 1.54) is 4.31 Å². The Morgan fingerprint density at radius 2 is 1.91 bits per heavy atom. The van der Waals surface area contributed by atoms with Crippen LogP contribution in [0.1, 0.15) is 18.1 Å². The summed E-state index contributed by atoms with van der Waals surface area (Å²) >= 11 is 0. The summed E-state index contributed by atoms with van der Waals surface area (Å²) in [6, 6.07) is 5.33. The van der Waals surface area contributed by atoms with E-state index in [-0.39, 0.29) is 5.91 Å². The summed E-state index contributed by atoms with van der Waals surface area (Å²) in [5, 5.41) is 2.95. The molecule has 0 aromatic heterocycles. The summed E-state index contributed by atoms with van der Waals surface area (Å²) in [7, 11) is -0.0853. The van der Waals surface area contributed by atoms with Gasteiger partial charge in [0.15, 0.2) is 0 Å². The van der Waals surface area contributed by atoms with E-state index in [9.17, 15) is 13.2 Å². The van der Waals surface area contributed by atoms with Gasteiger partial charge in [-0.1, -0.05) is 6.07 Å². The molecule has 0 radical (unpaired) electrons. The van der Waals surface area contributed by atoms with Crippen LogP contribution < -0.4 is 5.32 Å². The molecule has 0 aliphatic carbocycles. The number of sulfonamides is 1. The first-order valence-electron chi connectivity index (χ1n) is 7.84. The molecule has 1 aromatic carbocycles. The van der Waals surface area contributed by atoms with Gasteiger partial charge in [-0.2, -0.15) is 4.31 Å². The smallest absolute Gasteiger partial charge is 0.242 e. The zero-order valence-corrected chi connectivity index (χ0v) is 14.8. The van der Waals surface area contributed by atoms with Gasteiger partial charge in [0, 0.05) is 40.2 Å². The number of nitrogens with zero attached hydrogens (tertiary/aromatic N) is 2. The highest BCUT2D eigenvalue weighted by Gasteiger charge is 2.23. The fraction of sp³-hybridized carbons (Fsp3) is 0.562. The van der Waals surface area contributed by atoms with Crippen molar-refractivity contribution in [1.82, 2.24) is 14.5 Å². The molecule has 0 unspecified atom stereocenters. The Labute approximate surface area is 138 Å². The number of carbonyl (C=O) groups is 1. The van der Waals surface area contributed by atoms with Gasteiger partial charge in [-0.3, -0.25) is 4.79 Å². The van der Waals surface area contributed by atoms with Crippen molar-refractivity contribution in [3.63, 3.8) is 0 Å². The Bertz CT molecular complexity index is 673. The molecule has 1 N–H and O–H groups in total. The van der Waals surface area contributed by atoms with E-state index >= 15 is 0 Å². The van der Waals surface area contributed by atoms with E-state index in [0.29, 0.717) is 37.5 Å². The predicted octanol–water partition coefficient (Wildman–Crippen LogP) is 0.474. The summed E-state index contributed by atoms with van der Waals surface area (Å²) in [6.07, 6.45) is 1.46. The highest BCUT2D eigenvalue weighted by molar-refractivity contribution is 7.89. The molecule has 23 heavy (non-hydrogen) atoms. The van der Waals surface area contributed by atoms with Gasteiger partial charge in [0.25, 0.3) is 0 Å². The molecule has 1 aliphatic rings. The van der Waals surface area contributed by atoms with Crippen LogP contribution in [0.2, 0.25) is 0 Å². The molecule has 0 spiro atoms. The first kappa shape index (κ1) is 17.9. The number of hydrogen-bond acceptors (Lipinski definition) is 4. The van der Waals surface area contributed by atoms with Crippen molar-refractivity contribution in [3.05, 3.63) is 29.3 Å². The fourth-order valence-electron chi connectivity index (χ4n) is 2.75. The van der Waals surface area contributed by atoms with Crippen LogP contribution in [0.25, 0.3) is 0 Å². The van der Waals surface area contributed by atoms with Crippen LogP contribution in [-0.4, -0.2) is 63.8 Å². The average Bonchev–Trinajstić information content (AvgIpc) is 2.74. The lowest BCUT2D eigenvalue weighted by molar-refractivity contribution is -0.128. The lowest BCUT2D eigenvalue weighted by atomic mass is 10.0. The van der Waals surface area contributed by atoms with Gasteiger partial charge in [0.1, 0.15) is 0 Å². The Hall–Kier alpha value is -1.44. The zero-order chi connectivity index (χ0) is 17.0. The quantitative estimate of drug-likeness (QED) is 0.847. The standard InChI is InChI=1S/C16H25N3O3S/c1-13(20)19-9-6-14-4-5-16(12-15(14)7-10-19)23(21,22)18(3)11-8-17-2/h4-5,12,17H,6-11H2,1-3H3. The van der Waals surface area contributed by atoms with Crippen molar-refractivity contribution < 1.29 is 13.2 Å². The molecule has 1 amide bonds. The second kappa shape index (κ2) is 7.42. The topological polar surface area (TPSA) is 69.7 Å². The maximum Gasteiger partial charge on any atom is 0.242 e. The van der Waals surface area contributed by atoms with Crippen LogP contribution in [-0.2, 0) is 27.7 Å². The molecule has 0 fully saturated rings. The van der Waals surface area contributed by atoms with Gasteiger partial charge in [-0.25, -0.2) is 8.42 Å². The normalized spacial score (nSPS) is 15.4. The average molecular weight is 339 g/mol. The molecule has 0 saturated heterocycles. The van der Waals surface area contributed by atoms with Crippen LogP contribution in [0.15, 0.2) is 23.1 Å². The number of fused-ring (bicyclic) bond motifs is 1. The van der Waals surface area contributed by atoms with Gasteiger partial charge in [0.2, 0.25) is 15.9 Å². The summed E-state index contributed by atoms with van der Waals surface area (Å²) in [5.74, 6) is 0.0671. The SMILES string of the molecule is CNCCN(C)S(=O)(=O)c1ccc2c(c1)CCN(C(C)=O)CC2. The monoisotopic (exact) mass is 339 g/mol. The van der Waals surface area contributed by atoms with Crippen molar-refractivity contribution in [2.45, 2.75) is 24.7 Å². The third kappa shape index (κ3) is 4.10. The Kier molecular flexibility index (Phi) is 5.78. The molecule has 6 nitrogen and oxygen atoms in total. The minimum absolute atomic E-state index is 0.0671. The van der Waals surface area contributed by atoms with Gasteiger partial charge in [-0.15, -0.1) is 0 Å². The van der Waals surface area contributed by atoms with Crippen LogP contribution in [0, 0.1) is 0 Å². The largest absolute Gasteiger partial charge is 0.342 e. The fourth-order valence-corrected chi connectivity index (χ4v) is 3.97. The van der Waals surface area contributed by atoms with Crippen molar-refractivity contribution in [2.75, 3.05) is 40.3 Å². The van der Waals surface area contributed by atoms with Crippen LogP contribution in [0.4, 0.5) is 0 Å². The molecule has 1 heterocycles. The van der Waals surface area contributed by atoms with E-state index in [1.807, 2.05) is 11.0 Å². The van der Waals surface area contributed by atoms with Crippen LogP contribution in [0.3, 0.4) is 0 Å². The first-order valence-corrected chi connectivity index (χ1v) is 9.28. The Balaban J connectivity index is 2.23. The number of hydrogen-bond donors (Lipinski definition) is 1. The summed E-state index contributed by atoms with van der Waals surface area (Å²) in [5.41, 5.74) is 2.16. The lowest BCUT2D eigenvalue weighted by Gasteiger charge is -2.18. The molecule has 0 atom stereocenters. The molecule has 128 valence electrons. The third-order valence-electron chi connectivity index (χ3n) is 4.31. The van der Waals surface area contributed by atoms with Gasteiger partial charge in [0.05, 0.1) is 4.90 Å². The van der Waals surface area contributed by atoms with Crippen molar-refractivity contribution >= 4 is 15.9 Å². The molecular weight excluding hydrogens is 314 g/mol. The zero-order valence-electron chi connectivity index (χ0n) is 14.0. The third-order valence-corrected chi connectivity index (χ3v) is 6.16. The molecule has 2 rings (SSSR count). The second-order valence-electron chi connectivity index (χ2n) is 5.87. The highest BCUT2D eigenvalue weighted by Crippen LogP contribution is 2.22. The molecule has 1 aromatic rings. The Morgan fingerprint density at radius 1 is 1.26 bits per heavy atom. The summed E-state index contributed by atoms with van der Waals surface area (Å²) in [4.78, 5) is 13.7. The molecule has 7 heteroatoms. The van der Waals surface area contributed by atoms with Crippen LogP contribution >= 0.6 is 0 Å². The molecular formula is C16H25N3O3S. The van der Waals surface area contributed by atoms with Crippen LogP contribution in [0.5, 0.6) is 0 Å². The lowest BCUT2D eigenvalue weighted by Crippen LogP contribution is -2.32. The molecule has 0 bridgehead atoms. The summed E-state index contributed by atoms with van der Waals surface area (Å²) in [6.45, 7) is 3.93. The van der Waals surface area contributed by atoms with Crippen molar-refractivity contribution in [2.24, 2.45) is 0 Å². The maximum absolute atomic E-state index is 12.6. The highest BCUT2D eigenvalue weighted by atomic mass is 32.2. The van der Waals surface area contributed by atoms with E-state index < -0.39 is 10.0 Å². The van der Waals surface area contributed by atoms with Crippen molar-refractivity contribution in [1.29, 1.82) is 0 Å². The minimum atomic E-state index is -3.47.